The molecule has 2 heterocycles. The Kier molecular flexibility index (Phi) is 7.41. The molecule has 0 bridgehead atoms. The maximum absolute atomic E-state index is 12.3. The van der Waals surface area contributed by atoms with Gasteiger partial charge in [0.25, 0.3) is 0 Å². The van der Waals surface area contributed by atoms with Crippen LogP contribution in [0.3, 0.4) is 0 Å². The number of pyridine rings is 1. The van der Waals surface area contributed by atoms with Crippen LogP contribution >= 0.6 is 15.9 Å². The van der Waals surface area contributed by atoms with E-state index in [0.717, 1.165) is 21.2 Å². The minimum absolute atomic E-state index is 0.337. The smallest absolute Gasteiger partial charge is 0.356 e. The number of hydrogen-bond acceptors (Lipinski definition) is 4. The Bertz CT molecular complexity index is 1030. The zero-order chi connectivity index (χ0) is 21.6. The van der Waals surface area contributed by atoms with E-state index in [1.807, 2.05) is 24.3 Å². The second-order valence-electron chi connectivity index (χ2n) is 8.02. The fraction of sp³-hybridized carbons (Fsp3) is 0.440. The van der Waals surface area contributed by atoms with Gasteiger partial charge in [-0.25, -0.2) is 9.78 Å². The number of fused-ring (bicyclic) bond motifs is 1. The van der Waals surface area contributed by atoms with Gasteiger partial charge in [0.2, 0.25) is 0 Å². The van der Waals surface area contributed by atoms with Crippen molar-refractivity contribution in [2.45, 2.75) is 58.1 Å². The minimum atomic E-state index is -0.382. The van der Waals surface area contributed by atoms with Crippen LogP contribution in [0, 0.1) is 0 Å². The van der Waals surface area contributed by atoms with E-state index in [4.69, 9.17) is 14.5 Å². The van der Waals surface area contributed by atoms with Crippen molar-refractivity contribution >= 4 is 32.9 Å². The molecule has 0 radical (unpaired) electrons. The lowest BCUT2D eigenvalue weighted by molar-refractivity contribution is 0.0520. The molecule has 1 aromatic carbocycles. The highest BCUT2D eigenvalue weighted by Gasteiger charge is 2.26. The van der Waals surface area contributed by atoms with Crippen molar-refractivity contribution < 1.29 is 14.3 Å². The molecule has 0 N–H and O–H groups in total. The lowest BCUT2D eigenvalue weighted by Gasteiger charge is -2.22. The molecule has 6 heteroatoms. The maximum Gasteiger partial charge on any atom is 0.356 e. The second kappa shape index (κ2) is 10.4. The largest absolute Gasteiger partial charge is 0.461 e. The van der Waals surface area contributed by atoms with Gasteiger partial charge in [0, 0.05) is 11.9 Å². The third kappa shape index (κ3) is 5.01. The predicted octanol–water partition coefficient (Wildman–Crippen LogP) is 6.24. The molecule has 0 unspecified atom stereocenters. The Morgan fingerprint density at radius 3 is 2.65 bits per heavy atom. The highest BCUT2D eigenvalue weighted by atomic mass is 79.9. The Balaban J connectivity index is 1.61. The summed E-state index contributed by atoms with van der Waals surface area (Å²) in [4.78, 5) is 17.0. The van der Waals surface area contributed by atoms with Gasteiger partial charge in [0.1, 0.15) is 5.65 Å². The van der Waals surface area contributed by atoms with E-state index >= 15 is 0 Å². The average Bonchev–Trinajstić information content (AvgIpc) is 3.08. The van der Waals surface area contributed by atoms with Gasteiger partial charge >= 0.3 is 5.97 Å². The molecule has 1 aliphatic carbocycles. The van der Waals surface area contributed by atoms with Crippen molar-refractivity contribution in [1.82, 2.24) is 9.55 Å². The number of aromatic nitrogens is 2. The second-order valence-corrected chi connectivity index (χ2v) is 8.77. The summed E-state index contributed by atoms with van der Waals surface area (Å²) in [6, 6.07) is 14.0. The lowest BCUT2D eigenvalue weighted by Crippen LogP contribution is -2.10. The molecular weight excluding hydrogens is 456 g/mol. The van der Waals surface area contributed by atoms with E-state index in [9.17, 15) is 4.79 Å². The average molecular weight is 485 g/mol. The highest BCUT2D eigenvalue weighted by Crippen LogP contribution is 2.42. The van der Waals surface area contributed by atoms with E-state index < -0.39 is 0 Å². The molecule has 4 rings (SSSR count). The van der Waals surface area contributed by atoms with Gasteiger partial charge in [-0.3, -0.25) is 0 Å². The number of hydrogen-bond donors (Lipinski definition) is 0. The normalized spacial score (nSPS) is 14.8. The van der Waals surface area contributed by atoms with Gasteiger partial charge in [-0.2, -0.15) is 0 Å². The van der Waals surface area contributed by atoms with Crippen LogP contribution in [0.15, 0.2) is 47.1 Å². The molecule has 0 saturated heterocycles. The van der Waals surface area contributed by atoms with Crippen LogP contribution in [0.5, 0.6) is 0 Å². The summed E-state index contributed by atoms with van der Waals surface area (Å²) in [6.07, 6.45) is 6.23. The SMILES string of the molecule is CCOC(=O)c1ccc2c(C3CCCCC3)c(Br)n(CCOCc3ccccc3)c2n1. The van der Waals surface area contributed by atoms with Gasteiger partial charge in [0.15, 0.2) is 5.69 Å². The summed E-state index contributed by atoms with van der Waals surface area (Å²) in [5, 5.41) is 1.12. The van der Waals surface area contributed by atoms with Crippen molar-refractivity contribution in [2.75, 3.05) is 13.2 Å². The predicted molar refractivity (Wildman–Crippen MR) is 125 cm³/mol. The number of ether oxygens (including phenoxy) is 2. The summed E-state index contributed by atoms with van der Waals surface area (Å²) >= 11 is 3.87. The first-order chi connectivity index (χ1) is 15.2. The van der Waals surface area contributed by atoms with Crippen molar-refractivity contribution in [2.24, 2.45) is 0 Å². The molecule has 0 atom stereocenters. The van der Waals surface area contributed by atoms with Crippen molar-refractivity contribution in [1.29, 1.82) is 0 Å². The number of nitrogens with zero attached hydrogens (tertiary/aromatic N) is 2. The first kappa shape index (κ1) is 22.0. The zero-order valence-corrected chi connectivity index (χ0v) is 19.6. The number of esters is 1. The van der Waals surface area contributed by atoms with Crippen LogP contribution in [0.25, 0.3) is 11.0 Å². The lowest BCUT2D eigenvalue weighted by atomic mass is 9.84. The number of carbonyl (C=O) groups is 1. The quantitative estimate of drug-likeness (QED) is 0.280. The summed E-state index contributed by atoms with van der Waals surface area (Å²) in [5.74, 6) is 0.139. The molecular formula is C25H29BrN2O3. The van der Waals surface area contributed by atoms with Crippen LogP contribution in [-0.2, 0) is 22.6 Å². The molecule has 164 valence electrons. The number of rotatable bonds is 8. The summed E-state index contributed by atoms with van der Waals surface area (Å²) in [6.45, 7) is 3.95. The molecule has 5 nitrogen and oxygen atoms in total. The van der Waals surface area contributed by atoms with Crippen LogP contribution < -0.4 is 0 Å². The standard InChI is InChI=1S/C25H29BrN2O3/c1-2-31-25(29)21-14-13-20-22(19-11-7-4-8-12-19)23(26)28(24(20)27-21)15-16-30-17-18-9-5-3-6-10-18/h3,5-6,9-10,13-14,19H,2,4,7-8,11-12,15-17H2,1H3. The Labute approximate surface area is 191 Å². The van der Waals surface area contributed by atoms with E-state index in [-0.39, 0.29) is 5.97 Å². The number of benzene rings is 1. The topological polar surface area (TPSA) is 53.4 Å². The van der Waals surface area contributed by atoms with Gasteiger partial charge in [-0.15, -0.1) is 0 Å². The highest BCUT2D eigenvalue weighted by molar-refractivity contribution is 9.10. The fourth-order valence-corrected chi connectivity index (χ4v) is 5.32. The van der Waals surface area contributed by atoms with Gasteiger partial charge in [0.05, 0.1) is 24.4 Å². The Morgan fingerprint density at radius 2 is 1.90 bits per heavy atom. The molecule has 2 aromatic heterocycles. The van der Waals surface area contributed by atoms with Crippen LogP contribution in [-0.4, -0.2) is 28.7 Å². The van der Waals surface area contributed by atoms with Crippen LogP contribution in [0.1, 0.15) is 66.6 Å². The molecule has 0 aliphatic heterocycles. The number of halogens is 1. The van der Waals surface area contributed by atoms with E-state index in [1.165, 1.54) is 37.7 Å². The van der Waals surface area contributed by atoms with Crippen molar-refractivity contribution in [3.63, 3.8) is 0 Å². The van der Waals surface area contributed by atoms with Crippen molar-refractivity contribution in [3.05, 3.63) is 63.9 Å². The molecule has 0 amide bonds. The molecule has 1 aliphatic rings. The van der Waals surface area contributed by atoms with Crippen LogP contribution in [0.4, 0.5) is 0 Å². The Hall–Kier alpha value is -2.18. The van der Waals surface area contributed by atoms with Gasteiger partial charge in [-0.1, -0.05) is 49.6 Å². The summed E-state index contributed by atoms with van der Waals surface area (Å²) < 4.78 is 14.3. The minimum Gasteiger partial charge on any atom is -0.461 e. The summed E-state index contributed by atoms with van der Waals surface area (Å²) in [7, 11) is 0. The van der Waals surface area contributed by atoms with Crippen molar-refractivity contribution in [3.8, 4) is 0 Å². The molecule has 31 heavy (non-hydrogen) atoms. The monoisotopic (exact) mass is 484 g/mol. The molecule has 1 saturated carbocycles. The van der Waals surface area contributed by atoms with Crippen LogP contribution in [0.2, 0.25) is 0 Å². The third-order valence-electron chi connectivity index (χ3n) is 5.95. The molecule has 0 spiro atoms. The number of carbonyl (C=O) groups excluding carboxylic acids is 1. The molecule has 1 fully saturated rings. The fourth-order valence-electron chi connectivity index (χ4n) is 4.44. The van der Waals surface area contributed by atoms with E-state index in [2.05, 4.69) is 32.6 Å². The maximum atomic E-state index is 12.3. The third-order valence-corrected chi connectivity index (χ3v) is 6.80. The van der Waals surface area contributed by atoms with E-state index in [0.29, 0.717) is 38.0 Å². The Morgan fingerprint density at radius 1 is 1.13 bits per heavy atom. The summed E-state index contributed by atoms with van der Waals surface area (Å²) in [5.41, 5.74) is 3.65. The van der Waals surface area contributed by atoms with Gasteiger partial charge < -0.3 is 14.0 Å². The first-order valence-electron chi connectivity index (χ1n) is 11.2. The zero-order valence-electron chi connectivity index (χ0n) is 18.0. The first-order valence-corrected chi connectivity index (χ1v) is 12.0. The van der Waals surface area contributed by atoms with E-state index in [1.54, 1.807) is 13.0 Å². The van der Waals surface area contributed by atoms with Gasteiger partial charge in [-0.05, 0) is 64.9 Å². The molecule has 3 aromatic rings.